The molecular weight excluding hydrogens is 306 g/mol. The number of likely N-dealkylation sites (tertiary alicyclic amines) is 1. The average Bonchev–Trinajstić information content (AvgIpc) is 3.37. The van der Waals surface area contributed by atoms with Gasteiger partial charge in [0.25, 0.3) is 0 Å². The molecule has 4 nitrogen and oxygen atoms in total. The largest absolute Gasteiger partial charge is 0.342 e. The molecule has 2 heterocycles. The Morgan fingerprint density at radius 3 is 2.78 bits per heavy atom. The van der Waals surface area contributed by atoms with E-state index in [1.165, 1.54) is 38.1 Å². The summed E-state index contributed by atoms with van der Waals surface area (Å²) in [6.07, 6.45) is 9.08. The van der Waals surface area contributed by atoms with Gasteiger partial charge in [0.05, 0.1) is 0 Å². The van der Waals surface area contributed by atoms with E-state index in [1.54, 1.807) is 0 Å². The Hall–Kier alpha value is -0.260. The highest BCUT2D eigenvalue weighted by Crippen LogP contribution is 2.35. The molecule has 1 saturated carbocycles. The Kier molecular flexibility index (Phi) is 5.92. The molecule has 23 heavy (non-hydrogen) atoms. The second-order valence-corrected chi connectivity index (χ2v) is 8.79. The Morgan fingerprint density at radius 1 is 1.22 bits per heavy atom. The summed E-state index contributed by atoms with van der Waals surface area (Å²) in [5.74, 6) is 2.47. The van der Waals surface area contributed by atoms with Crippen LogP contribution in [0.4, 0.5) is 0 Å². The van der Waals surface area contributed by atoms with Gasteiger partial charge in [0.15, 0.2) is 0 Å². The zero-order valence-corrected chi connectivity index (χ0v) is 15.7. The molecule has 0 aromatic heterocycles. The van der Waals surface area contributed by atoms with Gasteiger partial charge in [-0.25, -0.2) is 0 Å². The zero-order valence-electron chi connectivity index (χ0n) is 14.9. The maximum absolute atomic E-state index is 12.5. The maximum Gasteiger partial charge on any atom is 0.222 e. The second-order valence-electron chi connectivity index (χ2n) is 7.80. The molecule has 1 spiro atoms. The zero-order chi connectivity index (χ0) is 16.3. The van der Waals surface area contributed by atoms with E-state index in [1.807, 2.05) is 11.8 Å². The molecular formula is C18H33N3OS. The highest BCUT2D eigenvalue weighted by Gasteiger charge is 2.42. The highest BCUT2D eigenvalue weighted by molar-refractivity contribution is 7.98. The Balaban J connectivity index is 1.60. The normalized spacial score (nSPS) is 30.9. The number of nitrogens with zero attached hydrogens (tertiary/aromatic N) is 3. The lowest BCUT2D eigenvalue weighted by Crippen LogP contribution is -2.61. The lowest BCUT2D eigenvalue weighted by Gasteiger charge is -2.49. The smallest absolute Gasteiger partial charge is 0.222 e. The van der Waals surface area contributed by atoms with E-state index in [0.717, 1.165) is 51.4 Å². The number of thioether (sulfide) groups is 1. The summed E-state index contributed by atoms with van der Waals surface area (Å²) in [5.41, 5.74) is 0.228. The standard InChI is InChI=1S/C18H33N3OS/c1-19-11-12-20(9-3-13-23-2)15-18(19)7-6-17(22)21(10-8-18)14-16-4-5-16/h16H,3-15H2,1-2H3. The quantitative estimate of drug-likeness (QED) is 0.693. The number of rotatable bonds is 6. The minimum Gasteiger partial charge on any atom is -0.342 e. The van der Waals surface area contributed by atoms with Crippen molar-refractivity contribution in [1.29, 1.82) is 0 Å². The molecule has 0 radical (unpaired) electrons. The molecule has 1 atom stereocenters. The highest BCUT2D eigenvalue weighted by atomic mass is 32.2. The average molecular weight is 340 g/mol. The van der Waals surface area contributed by atoms with Gasteiger partial charge in [0.2, 0.25) is 5.91 Å². The number of hydrogen-bond donors (Lipinski definition) is 0. The SMILES string of the molecule is CSCCCN1CCN(C)C2(CCC(=O)N(CC3CC3)CC2)C1. The molecule has 2 saturated heterocycles. The second kappa shape index (κ2) is 7.75. The van der Waals surface area contributed by atoms with Crippen molar-refractivity contribution in [3.8, 4) is 0 Å². The van der Waals surface area contributed by atoms with Crippen molar-refractivity contribution < 1.29 is 4.79 Å². The van der Waals surface area contributed by atoms with Crippen molar-refractivity contribution >= 4 is 17.7 Å². The van der Waals surface area contributed by atoms with Gasteiger partial charge in [-0.1, -0.05) is 0 Å². The molecule has 3 rings (SSSR count). The predicted molar refractivity (Wildman–Crippen MR) is 98.0 cm³/mol. The first-order valence-electron chi connectivity index (χ1n) is 9.33. The summed E-state index contributed by atoms with van der Waals surface area (Å²) in [7, 11) is 2.28. The van der Waals surface area contributed by atoms with E-state index >= 15 is 0 Å². The van der Waals surface area contributed by atoms with Crippen LogP contribution in [0.5, 0.6) is 0 Å². The molecule has 1 aliphatic carbocycles. The number of piperazine rings is 1. The molecule has 0 aromatic rings. The van der Waals surface area contributed by atoms with Crippen LogP contribution in [0.15, 0.2) is 0 Å². The first kappa shape index (κ1) is 17.6. The molecule has 1 unspecified atom stereocenters. The minimum atomic E-state index is 0.228. The van der Waals surface area contributed by atoms with Gasteiger partial charge < -0.3 is 9.80 Å². The van der Waals surface area contributed by atoms with Crippen molar-refractivity contribution in [3.63, 3.8) is 0 Å². The fourth-order valence-electron chi connectivity index (χ4n) is 4.20. The van der Waals surface area contributed by atoms with Gasteiger partial charge >= 0.3 is 0 Å². The van der Waals surface area contributed by atoms with Crippen molar-refractivity contribution in [3.05, 3.63) is 0 Å². The summed E-state index contributed by atoms with van der Waals surface area (Å²) >= 11 is 1.94. The van der Waals surface area contributed by atoms with Crippen LogP contribution in [0.3, 0.4) is 0 Å². The first-order chi connectivity index (χ1) is 11.1. The molecule has 5 heteroatoms. The molecule has 3 fully saturated rings. The molecule has 0 N–H and O–H groups in total. The van der Waals surface area contributed by atoms with E-state index in [9.17, 15) is 4.79 Å². The maximum atomic E-state index is 12.5. The van der Waals surface area contributed by atoms with Crippen LogP contribution >= 0.6 is 11.8 Å². The van der Waals surface area contributed by atoms with Gasteiger partial charge in [-0.15, -0.1) is 0 Å². The lowest BCUT2D eigenvalue weighted by atomic mass is 9.86. The van der Waals surface area contributed by atoms with Crippen LogP contribution in [0.1, 0.15) is 38.5 Å². The van der Waals surface area contributed by atoms with Gasteiger partial charge in [0.1, 0.15) is 0 Å². The summed E-state index contributed by atoms with van der Waals surface area (Å²) in [4.78, 5) is 19.9. The minimum absolute atomic E-state index is 0.228. The number of likely N-dealkylation sites (N-methyl/N-ethyl adjacent to an activating group) is 1. The number of carbonyl (C=O) groups is 1. The molecule has 0 bridgehead atoms. The predicted octanol–water partition coefficient (Wildman–Crippen LogP) is 2.15. The van der Waals surface area contributed by atoms with Crippen molar-refractivity contribution in [2.75, 3.05) is 58.3 Å². The molecule has 2 aliphatic heterocycles. The van der Waals surface area contributed by atoms with E-state index in [0.29, 0.717) is 5.91 Å². The van der Waals surface area contributed by atoms with Crippen LogP contribution in [-0.4, -0.2) is 84.5 Å². The van der Waals surface area contributed by atoms with Crippen LogP contribution in [0.2, 0.25) is 0 Å². The number of hydrogen-bond acceptors (Lipinski definition) is 4. The van der Waals surface area contributed by atoms with Crippen LogP contribution in [-0.2, 0) is 4.79 Å². The molecule has 0 aromatic carbocycles. The Labute approximate surface area is 145 Å². The molecule has 1 amide bonds. The summed E-state index contributed by atoms with van der Waals surface area (Å²) in [6.45, 7) is 6.70. The monoisotopic (exact) mass is 339 g/mol. The van der Waals surface area contributed by atoms with E-state index in [4.69, 9.17) is 0 Å². The number of amides is 1. The molecule has 3 aliphatic rings. The van der Waals surface area contributed by atoms with Crippen molar-refractivity contribution in [2.45, 2.75) is 44.1 Å². The molecule has 132 valence electrons. The summed E-state index contributed by atoms with van der Waals surface area (Å²) in [6, 6.07) is 0. The van der Waals surface area contributed by atoms with E-state index in [2.05, 4.69) is 28.0 Å². The van der Waals surface area contributed by atoms with E-state index < -0.39 is 0 Å². The van der Waals surface area contributed by atoms with Crippen molar-refractivity contribution in [2.24, 2.45) is 5.92 Å². The Bertz CT molecular complexity index is 415. The van der Waals surface area contributed by atoms with Gasteiger partial charge in [-0.3, -0.25) is 9.69 Å². The van der Waals surface area contributed by atoms with Gasteiger partial charge in [-0.2, -0.15) is 11.8 Å². The van der Waals surface area contributed by atoms with Crippen LogP contribution < -0.4 is 0 Å². The fraction of sp³-hybridized carbons (Fsp3) is 0.944. The van der Waals surface area contributed by atoms with E-state index in [-0.39, 0.29) is 5.54 Å². The van der Waals surface area contributed by atoms with Crippen LogP contribution in [0, 0.1) is 5.92 Å². The lowest BCUT2D eigenvalue weighted by molar-refractivity contribution is -0.131. The summed E-state index contributed by atoms with van der Waals surface area (Å²) in [5, 5.41) is 0. The van der Waals surface area contributed by atoms with Gasteiger partial charge in [-0.05, 0) is 63.6 Å². The third kappa shape index (κ3) is 4.43. The third-order valence-electron chi connectivity index (χ3n) is 6.08. The Morgan fingerprint density at radius 2 is 2.04 bits per heavy atom. The van der Waals surface area contributed by atoms with Crippen LogP contribution in [0.25, 0.3) is 0 Å². The summed E-state index contributed by atoms with van der Waals surface area (Å²) < 4.78 is 0. The van der Waals surface area contributed by atoms with Crippen molar-refractivity contribution in [1.82, 2.24) is 14.7 Å². The first-order valence-corrected chi connectivity index (χ1v) is 10.7. The number of carbonyl (C=O) groups excluding carboxylic acids is 1. The third-order valence-corrected chi connectivity index (χ3v) is 6.78. The topological polar surface area (TPSA) is 26.8 Å². The van der Waals surface area contributed by atoms with Gasteiger partial charge in [0, 0.05) is 44.7 Å². The fourth-order valence-corrected chi connectivity index (χ4v) is 4.62.